The van der Waals surface area contributed by atoms with E-state index in [0.29, 0.717) is 10.5 Å². The summed E-state index contributed by atoms with van der Waals surface area (Å²) in [4.78, 5) is 0.549. The van der Waals surface area contributed by atoms with Crippen molar-refractivity contribution in [1.29, 1.82) is 0 Å². The van der Waals surface area contributed by atoms with Crippen LogP contribution in [0.25, 0.3) is 0 Å². The third kappa shape index (κ3) is 2.00. The van der Waals surface area contributed by atoms with Gasteiger partial charge >= 0.3 is 0 Å². The highest BCUT2D eigenvalue weighted by Crippen LogP contribution is 2.26. The zero-order chi connectivity index (χ0) is 9.14. The summed E-state index contributed by atoms with van der Waals surface area (Å²) >= 11 is 4.56. The summed E-state index contributed by atoms with van der Waals surface area (Å²) in [7, 11) is 0. The van der Waals surface area contributed by atoms with E-state index in [1.165, 1.54) is 11.8 Å². The molecule has 0 aliphatic heterocycles. The van der Waals surface area contributed by atoms with Crippen LogP contribution in [0.4, 0.5) is 4.39 Å². The van der Waals surface area contributed by atoms with Crippen molar-refractivity contribution in [2.24, 2.45) is 0 Å². The molecule has 0 aliphatic rings. The Morgan fingerprint density at radius 3 is 2.75 bits per heavy atom. The molecule has 0 heterocycles. The Balaban J connectivity index is 3.22. The van der Waals surface area contributed by atoms with Gasteiger partial charge < -0.3 is 5.11 Å². The van der Waals surface area contributed by atoms with Gasteiger partial charge in [-0.1, -0.05) is 15.9 Å². The molecular formula is C8H8BrFOS. The molecule has 0 radical (unpaired) electrons. The molecule has 12 heavy (non-hydrogen) atoms. The van der Waals surface area contributed by atoms with Gasteiger partial charge in [0.15, 0.2) is 0 Å². The van der Waals surface area contributed by atoms with Crippen LogP contribution >= 0.6 is 27.7 Å². The second-order valence-electron chi connectivity index (χ2n) is 2.24. The molecule has 0 spiro atoms. The number of thioether (sulfide) groups is 1. The van der Waals surface area contributed by atoms with Gasteiger partial charge in [-0.3, -0.25) is 0 Å². The highest BCUT2D eigenvalue weighted by atomic mass is 79.9. The van der Waals surface area contributed by atoms with Crippen LogP contribution in [0.1, 0.15) is 5.56 Å². The maximum absolute atomic E-state index is 13.3. The highest BCUT2D eigenvalue weighted by Gasteiger charge is 2.07. The smallest absolute Gasteiger partial charge is 0.142 e. The van der Waals surface area contributed by atoms with Crippen LogP contribution in [0.5, 0.6) is 0 Å². The van der Waals surface area contributed by atoms with Gasteiger partial charge in [0.05, 0.1) is 6.61 Å². The summed E-state index contributed by atoms with van der Waals surface area (Å²) in [5.41, 5.74) is 0.328. The number of hydrogen-bond donors (Lipinski definition) is 1. The van der Waals surface area contributed by atoms with Gasteiger partial charge in [0.1, 0.15) is 5.82 Å². The lowest BCUT2D eigenvalue weighted by Gasteiger charge is -2.04. The number of rotatable bonds is 2. The molecule has 4 heteroatoms. The molecule has 1 rings (SSSR count). The van der Waals surface area contributed by atoms with E-state index in [4.69, 9.17) is 5.11 Å². The van der Waals surface area contributed by atoms with Gasteiger partial charge in [-0.05, 0) is 18.4 Å². The molecule has 1 nitrogen and oxygen atoms in total. The molecule has 0 aliphatic carbocycles. The number of aliphatic hydroxyl groups excluding tert-OH is 1. The third-order valence-corrected chi connectivity index (χ3v) is 2.66. The lowest BCUT2D eigenvalue weighted by atomic mass is 10.2. The van der Waals surface area contributed by atoms with Crippen molar-refractivity contribution in [3.63, 3.8) is 0 Å². The molecule has 0 atom stereocenters. The molecule has 0 saturated carbocycles. The second kappa shape index (κ2) is 4.25. The summed E-state index contributed by atoms with van der Waals surface area (Å²) in [5, 5.41) is 8.79. The quantitative estimate of drug-likeness (QED) is 0.815. The van der Waals surface area contributed by atoms with E-state index in [0.717, 1.165) is 4.47 Å². The Kier molecular flexibility index (Phi) is 3.55. The molecule has 0 amide bonds. The third-order valence-electron chi connectivity index (χ3n) is 1.47. The maximum Gasteiger partial charge on any atom is 0.142 e. The molecule has 0 bridgehead atoms. The number of benzene rings is 1. The first-order chi connectivity index (χ1) is 5.69. The highest BCUT2D eigenvalue weighted by molar-refractivity contribution is 9.10. The van der Waals surface area contributed by atoms with E-state index in [1.807, 2.05) is 0 Å². The first-order valence-electron chi connectivity index (χ1n) is 3.31. The summed E-state index contributed by atoms with van der Waals surface area (Å²) in [6.45, 7) is -0.265. The van der Waals surface area contributed by atoms with E-state index in [9.17, 15) is 4.39 Å². The second-order valence-corrected chi connectivity index (χ2v) is 4.00. The van der Waals surface area contributed by atoms with Crippen LogP contribution < -0.4 is 0 Å². The Morgan fingerprint density at radius 1 is 1.58 bits per heavy atom. The van der Waals surface area contributed by atoms with Crippen molar-refractivity contribution in [3.8, 4) is 0 Å². The van der Waals surface area contributed by atoms with Crippen molar-refractivity contribution in [1.82, 2.24) is 0 Å². The van der Waals surface area contributed by atoms with Crippen molar-refractivity contribution in [2.75, 3.05) is 6.26 Å². The standard InChI is InChI=1S/C8H8BrFOS/c1-12-7-3-6(9)2-5(4-11)8(7)10/h2-3,11H,4H2,1H3. The van der Waals surface area contributed by atoms with Gasteiger partial charge in [0.25, 0.3) is 0 Å². The summed E-state index contributed by atoms with van der Waals surface area (Å²) < 4.78 is 14.0. The van der Waals surface area contributed by atoms with Crippen molar-refractivity contribution < 1.29 is 9.50 Å². The average Bonchev–Trinajstić information content (AvgIpc) is 2.08. The number of aliphatic hydroxyl groups is 1. The zero-order valence-electron chi connectivity index (χ0n) is 6.47. The van der Waals surface area contributed by atoms with E-state index >= 15 is 0 Å². The van der Waals surface area contributed by atoms with Crippen LogP contribution in [0.15, 0.2) is 21.5 Å². The predicted molar refractivity (Wildman–Crippen MR) is 51.8 cm³/mol. The largest absolute Gasteiger partial charge is 0.392 e. The van der Waals surface area contributed by atoms with Crippen LogP contribution in [0.3, 0.4) is 0 Å². The fraction of sp³-hybridized carbons (Fsp3) is 0.250. The lowest BCUT2D eigenvalue weighted by Crippen LogP contribution is -1.92. The molecule has 0 unspecified atom stereocenters. The van der Waals surface area contributed by atoms with Crippen LogP contribution in [-0.4, -0.2) is 11.4 Å². The normalized spacial score (nSPS) is 10.3. The van der Waals surface area contributed by atoms with Crippen LogP contribution in [0, 0.1) is 5.82 Å². The summed E-state index contributed by atoms with van der Waals surface area (Å²) in [5.74, 6) is -0.326. The van der Waals surface area contributed by atoms with Crippen molar-refractivity contribution in [3.05, 3.63) is 28.0 Å². The average molecular weight is 251 g/mol. The van der Waals surface area contributed by atoms with Crippen LogP contribution in [-0.2, 0) is 6.61 Å². The molecule has 0 aromatic heterocycles. The molecular weight excluding hydrogens is 243 g/mol. The minimum absolute atomic E-state index is 0.265. The number of halogens is 2. The Bertz CT molecular complexity index is 265. The van der Waals surface area contributed by atoms with E-state index in [2.05, 4.69) is 15.9 Å². The van der Waals surface area contributed by atoms with Gasteiger partial charge in [0, 0.05) is 14.9 Å². The Labute approximate surface area is 83.1 Å². The number of hydrogen-bond acceptors (Lipinski definition) is 2. The molecule has 0 fully saturated rings. The van der Waals surface area contributed by atoms with Gasteiger partial charge in [-0.2, -0.15) is 0 Å². The minimum atomic E-state index is -0.326. The molecule has 0 saturated heterocycles. The van der Waals surface area contributed by atoms with Gasteiger partial charge in [0.2, 0.25) is 0 Å². The maximum atomic E-state index is 13.3. The van der Waals surface area contributed by atoms with Gasteiger partial charge in [-0.25, -0.2) is 4.39 Å². The lowest BCUT2D eigenvalue weighted by molar-refractivity contribution is 0.274. The summed E-state index contributed by atoms with van der Waals surface area (Å²) in [6.07, 6.45) is 1.80. The first-order valence-corrected chi connectivity index (χ1v) is 5.33. The van der Waals surface area contributed by atoms with Crippen molar-refractivity contribution >= 4 is 27.7 Å². The molecule has 66 valence electrons. The monoisotopic (exact) mass is 250 g/mol. The first kappa shape index (κ1) is 10.0. The van der Waals surface area contributed by atoms with Crippen LogP contribution in [0.2, 0.25) is 0 Å². The van der Waals surface area contributed by atoms with Gasteiger partial charge in [-0.15, -0.1) is 11.8 Å². The topological polar surface area (TPSA) is 20.2 Å². The van der Waals surface area contributed by atoms with E-state index in [1.54, 1.807) is 18.4 Å². The van der Waals surface area contributed by atoms with E-state index < -0.39 is 0 Å². The Morgan fingerprint density at radius 2 is 2.25 bits per heavy atom. The molecule has 1 N–H and O–H groups in total. The minimum Gasteiger partial charge on any atom is -0.392 e. The zero-order valence-corrected chi connectivity index (χ0v) is 8.88. The summed E-state index contributed by atoms with van der Waals surface area (Å²) in [6, 6.07) is 3.27. The fourth-order valence-electron chi connectivity index (χ4n) is 0.882. The molecule has 1 aromatic rings. The Hall–Kier alpha value is -0.0600. The molecule has 1 aromatic carbocycles. The van der Waals surface area contributed by atoms with Crippen molar-refractivity contribution in [2.45, 2.75) is 11.5 Å². The fourth-order valence-corrected chi connectivity index (χ4v) is 2.09. The predicted octanol–water partition coefficient (Wildman–Crippen LogP) is 2.80. The van der Waals surface area contributed by atoms with E-state index in [-0.39, 0.29) is 12.4 Å². The SMILES string of the molecule is CSc1cc(Br)cc(CO)c1F.